The van der Waals surface area contributed by atoms with E-state index in [1.807, 2.05) is 23.1 Å². The molecule has 0 aliphatic carbocycles. The Labute approximate surface area is 168 Å². The number of hydrogen-bond acceptors (Lipinski definition) is 3. The second kappa shape index (κ2) is 9.37. The summed E-state index contributed by atoms with van der Waals surface area (Å²) in [7, 11) is 0. The third-order valence-corrected chi connectivity index (χ3v) is 4.86. The zero-order chi connectivity index (χ0) is 19.9. The molecule has 1 saturated heterocycles. The summed E-state index contributed by atoms with van der Waals surface area (Å²) >= 11 is 5.98. The van der Waals surface area contributed by atoms with Crippen LogP contribution in [0, 0.1) is 0 Å². The van der Waals surface area contributed by atoms with Gasteiger partial charge in [-0.1, -0.05) is 35.9 Å². The molecule has 1 aliphatic rings. The molecule has 0 atom stereocenters. The average Bonchev–Trinajstić information content (AvgIpc) is 2.68. The average molecular weight is 400 g/mol. The molecular formula is C21H22ClN3O3. The highest BCUT2D eigenvalue weighted by Crippen LogP contribution is 2.17. The van der Waals surface area contributed by atoms with Gasteiger partial charge in [-0.15, -0.1) is 0 Å². The van der Waals surface area contributed by atoms with E-state index in [4.69, 9.17) is 11.6 Å². The molecule has 2 aromatic rings. The van der Waals surface area contributed by atoms with Crippen molar-refractivity contribution in [2.24, 2.45) is 0 Å². The molecule has 146 valence electrons. The fourth-order valence-corrected chi connectivity index (χ4v) is 3.32. The van der Waals surface area contributed by atoms with Gasteiger partial charge in [-0.05, 0) is 42.7 Å². The Balaban J connectivity index is 1.53. The van der Waals surface area contributed by atoms with Gasteiger partial charge in [-0.3, -0.25) is 14.4 Å². The number of carbonyl (C=O) groups is 3. The van der Waals surface area contributed by atoms with Crippen molar-refractivity contribution in [3.8, 4) is 0 Å². The molecule has 0 saturated carbocycles. The molecule has 2 N–H and O–H groups in total. The lowest BCUT2D eigenvalue weighted by atomic mass is 10.1. The Bertz CT molecular complexity index is 885. The van der Waals surface area contributed by atoms with Gasteiger partial charge in [0.1, 0.15) is 0 Å². The van der Waals surface area contributed by atoms with Gasteiger partial charge in [0.15, 0.2) is 0 Å². The number of hydrogen-bond donors (Lipinski definition) is 2. The zero-order valence-corrected chi connectivity index (χ0v) is 16.2. The molecule has 0 unspecified atom stereocenters. The Morgan fingerprint density at radius 2 is 1.89 bits per heavy atom. The summed E-state index contributed by atoms with van der Waals surface area (Å²) in [5.41, 5.74) is 1.90. The maximum Gasteiger partial charge on any atom is 0.253 e. The summed E-state index contributed by atoms with van der Waals surface area (Å²) < 4.78 is 0. The van der Waals surface area contributed by atoms with Gasteiger partial charge in [0.05, 0.1) is 17.1 Å². The molecular weight excluding hydrogens is 378 g/mol. The van der Waals surface area contributed by atoms with Crippen molar-refractivity contribution in [2.75, 3.05) is 18.4 Å². The summed E-state index contributed by atoms with van der Waals surface area (Å²) in [5, 5.41) is 5.65. The molecule has 1 heterocycles. The van der Waals surface area contributed by atoms with E-state index in [2.05, 4.69) is 10.6 Å². The van der Waals surface area contributed by atoms with E-state index >= 15 is 0 Å². The number of piperidine rings is 1. The number of rotatable bonds is 6. The first-order chi connectivity index (χ1) is 13.5. The van der Waals surface area contributed by atoms with Crippen LogP contribution >= 0.6 is 11.6 Å². The second-order valence-corrected chi connectivity index (χ2v) is 7.09. The molecule has 3 amide bonds. The Kier molecular flexibility index (Phi) is 6.66. The van der Waals surface area contributed by atoms with Crippen LogP contribution in [0.1, 0.15) is 35.2 Å². The number of anilines is 1. The van der Waals surface area contributed by atoms with E-state index in [-0.39, 0.29) is 18.4 Å². The summed E-state index contributed by atoms with van der Waals surface area (Å²) in [6.07, 6.45) is 2.57. The lowest BCUT2D eigenvalue weighted by Gasteiger charge is -2.26. The summed E-state index contributed by atoms with van der Waals surface area (Å²) in [6.45, 7) is 1.13. The van der Waals surface area contributed by atoms with Gasteiger partial charge in [-0.2, -0.15) is 0 Å². The van der Waals surface area contributed by atoms with Gasteiger partial charge >= 0.3 is 0 Å². The van der Waals surface area contributed by atoms with Crippen LogP contribution in [-0.4, -0.2) is 35.7 Å². The van der Waals surface area contributed by atoms with Crippen LogP contribution < -0.4 is 10.6 Å². The maximum atomic E-state index is 12.2. The Morgan fingerprint density at radius 3 is 2.68 bits per heavy atom. The highest BCUT2D eigenvalue weighted by atomic mass is 35.5. The van der Waals surface area contributed by atoms with Crippen LogP contribution in [0.2, 0.25) is 5.02 Å². The number of nitrogens with one attached hydrogen (secondary N) is 2. The monoisotopic (exact) mass is 399 g/mol. The molecule has 2 aromatic carbocycles. The number of carbonyl (C=O) groups excluding carboxylic acids is 3. The molecule has 0 spiro atoms. The first-order valence-electron chi connectivity index (χ1n) is 9.22. The van der Waals surface area contributed by atoms with E-state index in [1.54, 1.807) is 30.3 Å². The third-order valence-electron chi connectivity index (χ3n) is 4.53. The van der Waals surface area contributed by atoms with E-state index < -0.39 is 5.91 Å². The highest BCUT2D eigenvalue weighted by molar-refractivity contribution is 6.33. The van der Waals surface area contributed by atoms with Crippen LogP contribution in [0.25, 0.3) is 0 Å². The molecule has 6 nitrogen and oxygen atoms in total. The fourth-order valence-electron chi connectivity index (χ4n) is 3.10. The van der Waals surface area contributed by atoms with Crippen LogP contribution in [0.5, 0.6) is 0 Å². The number of halogens is 1. The second-order valence-electron chi connectivity index (χ2n) is 6.68. The summed E-state index contributed by atoms with van der Waals surface area (Å²) in [4.78, 5) is 38.1. The molecule has 0 radical (unpaired) electrons. The number of benzene rings is 2. The Hall–Kier alpha value is -2.86. The standard InChI is InChI=1S/C21H22ClN3O3/c22-18-9-2-1-8-17(18)21(28)23-13-19(26)24-16-7-5-6-15(12-16)14-25-11-4-3-10-20(25)27/h1-2,5-9,12H,3-4,10-11,13-14H2,(H,23,28)(H,24,26). The van der Waals surface area contributed by atoms with Crippen LogP contribution in [0.3, 0.4) is 0 Å². The summed E-state index contributed by atoms with van der Waals surface area (Å²) in [5.74, 6) is -0.576. The minimum absolute atomic E-state index is 0.168. The molecule has 3 rings (SSSR count). The van der Waals surface area contributed by atoms with Crippen molar-refractivity contribution in [1.82, 2.24) is 10.2 Å². The van der Waals surface area contributed by atoms with E-state index in [0.29, 0.717) is 29.2 Å². The number of nitrogens with zero attached hydrogens (tertiary/aromatic N) is 1. The van der Waals surface area contributed by atoms with E-state index in [1.165, 1.54) is 0 Å². The third kappa shape index (κ3) is 5.33. The van der Waals surface area contributed by atoms with Crippen molar-refractivity contribution in [3.63, 3.8) is 0 Å². The first kappa shape index (κ1) is 19.9. The SMILES string of the molecule is O=C(CNC(=O)c1ccccc1Cl)Nc1cccc(CN2CCCCC2=O)c1. The topological polar surface area (TPSA) is 78.5 Å². The molecule has 0 aromatic heterocycles. The number of likely N-dealkylation sites (tertiary alicyclic amines) is 1. The first-order valence-corrected chi connectivity index (χ1v) is 9.60. The molecule has 0 bridgehead atoms. The van der Waals surface area contributed by atoms with Gasteiger partial charge in [-0.25, -0.2) is 0 Å². The molecule has 1 fully saturated rings. The van der Waals surface area contributed by atoms with Crippen molar-refractivity contribution in [3.05, 3.63) is 64.7 Å². The largest absolute Gasteiger partial charge is 0.343 e. The van der Waals surface area contributed by atoms with Crippen molar-refractivity contribution in [2.45, 2.75) is 25.8 Å². The number of amides is 3. The van der Waals surface area contributed by atoms with Crippen LogP contribution in [0.4, 0.5) is 5.69 Å². The van der Waals surface area contributed by atoms with Crippen LogP contribution in [-0.2, 0) is 16.1 Å². The highest BCUT2D eigenvalue weighted by Gasteiger charge is 2.18. The van der Waals surface area contributed by atoms with Gasteiger partial charge in [0, 0.05) is 25.2 Å². The minimum atomic E-state index is -0.405. The van der Waals surface area contributed by atoms with E-state index in [0.717, 1.165) is 24.9 Å². The van der Waals surface area contributed by atoms with E-state index in [9.17, 15) is 14.4 Å². The maximum absolute atomic E-state index is 12.2. The predicted octanol–water partition coefficient (Wildman–Crippen LogP) is 3.22. The van der Waals surface area contributed by atoms with Crippen molar-refractivity contribution < 1.29 is 14.4 Å². The Morgan fingerprint density at radius 1 is 1.07 bits per heavy atom. The van der Waals surface area contributed by atoms with Crippen molar-refractivity contribution in [1.29, 1.82) is 0 Å². The zero-order valence-electron chi connectivity index (χ0n) is 15.4. The fraction of sp³-hybridized carbons (Fsp3) is 0.286. The summed E-state index contributed by atoms with van der Waals surface area (Å²) in [6, 6.07) is 14.0. The van der Waals surface area contributed by atoms with Gasteiger partial charge in [0.25, 0.3) is 5.91 Å². The molecule has 28 heavy (non-hydrogen) atoms. The van der Waals surface area contributed by atoms with Gasteiger partial charge < -0.3 is 15.5 Å². The normalized spacial score (nSPS) is 13.9. The lowest BCUT2D eigenvalue weighted by Crippen LogP contribution is -2.34. The van der Waals surface area contributed by atoms with Crippen molar-refractivity contribution >= 4 is 35.0 Å². The smallest absolute Gasteiger partial charge is 0.253 e. The quantitative estimate of drug-likeness (QED) is 0.782. The van der Waals surface area contributed by atoms with Crippen LogP contribution in [0.15, 0.2) is 48.5 Å². The predicted molar refractivity (Wildman–Crippen MR) is 108 cm³/mol. The lowest BCUT2D eigenvalue weighted by molar-refractivity contribution is -0.133. The minimum Gasteiger partial charge on any atom is -0.343 e. The van der Waals surface area contributed by atoms with Gasteiger partial charge in [0.2, 0.25) is 11.8 Å². The molecule has 7 heteroatoms. The molecule has 1 aliphatic heterocycles.